The van der Waals surface area contributed by atoms with E-state index < -0.39 is 0 Å². The summed E-state index contributed by atoms with van der Waals surface area (Å²) >= 11 is 0. The Bertz CT molecular complexity index is 802. The van der Waals surface area contributed by atoms with Crippen molar-refractivity contribution < 1.29 is 19.1 Å². The number of hydrogen-bond acceptors (Lipinski definition) is 5. The van der Waals surface area contributed by atoms with Crippen molar-refractivity contribution in [2.75, 3.05) is 40.4 Å². The molecule has 2 aromatic rings. The highest BCUT2D eigenvalue weighted by Crippen LogP contribution is 2.25. The van der Waals surface area contributed by atoms with E-state index in [0.29, 0.717) is 43.2 Å². The molecule has 1 aromatic carbocycles. The predicted octanol–water partition coefficient (Wildman–Crippen LogP) is 1.63. The van der Waals surface area contributed by atoms with Gasteiger partial charge in [-0.25, -0.2) is 0 Å². The minimum atomic E-state index is -0.0512. The number of benzene rings is 1. The molecule has 27 heavy (non-hydrogen) atoms. The number of rotatable bonds is 5. The van der Waals surface area contributed by atoms with Crippen LogP contribution in [0.15, 0.2) is 42.7 Å². The Morgan fingerprint density at radius 3 is 2.41 bits per heavy atom. The molecule has 7 nitrogen and oxygen atoms in total. The summed E-state index contributed by atoms with van der Waals surface area (Å²) in [7, 11) is 3.17. The first-order valence-electron chi connectivity index (χ1n) is 8.80. The van der Waals surface area contributed by atoms with Gasteiger partial charge in [0.15, 0.2) is 0 Å². The number of aromatic nitrogens is 1. The van der Waals surface area contributed by atoms with Crippen LogP contribution in [0.4, 0.5) is 0 Å². The van der Waals surface area contributed by atoms with Crippen molar-refractivity contribution in [3.05, 3.63) is 53.9 Å². The van der Waals surface area contributed by atoms with Crippen molar-refractivity contribution in [2.24, 2.45) is 0 Å². The largest absolute Gasteiger partial charge is 0.497 e. The fourth-order valence-electron chi connectivity index (χ4n) is 3.13. The SMILES string of the molecule is COc1ccc(OC)c(CC(=O)N2CCN(C(=O)c3cccnc3)CC2)c1. The number of nitrogens with zero attached hydrogens (tertiary/aromatic N) is 3. The molecule has 0 spiro atoms. The number of ether oxygens (including phenoxy) is 2. The molecule has 3 rings (SSSR count). The van der Waals surface area contributed by atoms with Gasteiger partial charge in [0.25, 0.3) is 5.91 Å². The van der Waals surface area contributed by atoms with Crippen molar-refractivity contribution in [1.82, 2.24) is 14.8 Å². The standard InChI is InChI=1S/C20H23N3O4/c1-26-17-5-6-18(27-2)16(12-17)13-19(24)22-8-10-23(11-9-22)20(25)15-4-3-7-21-14-15/h3-7,12,14H,8-11,13H2,1-2H3. The number of methoxy groups -OCH3 is 2. The van der Waals surface area contributed by atoms with Crippen LogP contribution in [0.1, 0.15) is 15.9 Å². The first-order chi connectivity index (χ1) is 13.1. The van der Waals surface area contributed by atoms with E-state index in [0.717, 1.165) is 5.56 Å². The highest BCUT2D eigenvalue weighted by atomic mass is 16.5. The van der Waals surface area contributed by atoms with Gasteiger partial charge in [0, 0.05) is 44.1 Å². The van der Waals surface area contributed by atoms with E-state index in [2.05, 4.69) is 4.98 Å². The number of carbonyl (C=O) groups excluding carboxylic acids is 2. The Balaban J connectivity index is 1.60. The summed E-state index contributed by atoms with van der Waals surface area (Å²) in [5.41, 5.74) is 1.36. The molecule has 2 amide bonds. The molecule has 0 aliphatic carbocycles. The van der Waals surface area contributed by atoms with Gasteiger partial charge >= 0.3 is 0 Å². The summed E-state index contributed by atoms with van der Waals surface area (Å²) in [4.78, 5) is 32.7. The van der Waals surface area contributed by atoms with E-state index >= 15 is 0 Å². The molecule has 0 bridgehead atoms. The predicted molar refractivity (Wildman–Crippen MR) is 100.0 cm³/mol. The maximum atomic E-state index is 12.7. The molecule has 0 saturated carbocycles. The molecule has 1 fully saturated rings. The third-order valence-corrected chi connectivity index (χ3v) is 4.66. The van der Waals surface area contributed by atoms with Gasteiger partial charge < -0.3 is 19.3 Å². The molecule has 0 atom stereocenters. The van der Waals surface area contributed by atoms with E-state index in [-0.39, 0.29) is 18.2 Å². The van der Waals surface area contributed by atoms with Crippen molar-refractivity contribution in [1.29, 1.82) is 0 Å². The van der Waals surface area contributed by atoms with Crippen LogP contribution < -0.4 is 9.47 Å². The molecular weight excluding hydrogens is 346 g/mol. The summed E-state index contributed by atoms with van der Waals surface area (Å²) in [6, 6.07) is 8.91. The number of pyridine rings is 1. The molecule has 7 heteroatoms. The lowest BCUT2D eigenvalue weighted by molar-refractivity contribution is -0.131. The lowest BCUT2D eigenvalue weighted by Crippen LogP contribution is -2.51. The molecular formula is C20H23N3O4. The topological polar surface area (TPSA) is 72.0 Å². The van der Waals surface area contributed by atoms with E-state index in [1.54, 1.807) is 60.7 Å². The van der Waals surface area contributed by atoms with Crippen LogP contribution in [0, 0.1) is 0 Å². The summed E-state index contributed by atoms with van der Waals surface area (Å²) in [6.07, 6.45) is 3.44. The molecule has 1 aliphatic heterocycles. The molecule has 0 radical (unpaired) electrons. The fourth-order valence-corrected chi connectivity index (χ4v) is 3.13. The van der Waals surface area contributed by atoms with Crippen molar-refractivity contribution in [3.63, 3.8) is 0 Å². The molecule has 1 saturated heterocycles. The highest BCUT2D eigenvalue weighted by molar-refractivity contribution is 5.94. The first kappa shape index (κ1) is 18.7. The van der Waals surface area contributed by atoms with Gasteiger partial charge in [-0.2, -0.15) is 0 Å². The van der Waals surface area contributed by atoms with Crippen LogP contribution in [0.25, 0.3) is 0 Å². The molecule has 0 N–H and O–H groups in total. The number of piperazine rings is 1. The van der Waals surface area contributed by atoms with Crippen molar-refractivity contribution in [3.8, 4) is 11.5 Å². The van der Waals surface area contributed by atoms with Crippen molar-refractivity contribution >= 4 is 11.8 Å². The lowest BCUT2D eigenvalue weighted by atomic mass is 10.1. The zero-order chi connectivity index (χ0) is 19.2. The highest BCUT2D eigenvalue weighted by Gasteiger charge is 2.25. The Labute approximate surface area is 158 Å². The quantitative estimate of drug-likeness (QED) is 0.801. The summed E-state index contributed by atoms with van der Waals surface area (Å²) < 4.78 is 10.6. The summed E-state index contributed by atoms with van der Waals surface area (Å²) in [5.74, 6) is 1.31. The van der Waals surface area contributed by atoms with Gasteiger partial charge in [-0.15, -0.1) is 0 Å². The molecule has 1 aliphatic rings. The second-order valence-corrected chi connectivity index (χ2v) is 6.27. The second kappa shape index (κ2) is 8.53. The van der Waals surface area contributed by atoms with Crippen LogP contribution in [0.5, 0.6) is 11.5 Å². The number of hydrogen-bond donors (Lipinski definition) is 0. The van der Waals surface area contributed by atoms with E-state index in [9.17, 15) is 9.59 Å². The zero-order valence-electron chi connectivity index (χ0n) is 15.6. The molecule has 142 valence electrons. The van der Waals surface area contributed by atoms with E-state index in [4.69, 9.17) is 9.47 Å². The van der Waals surface area contributed by atoms with E-state index in [1.807, 2.05) is 6.07 Å². The van der Waals surface area contributed by atoms with Gasteiger partial charge in [-0.05, 0) is 30.3 Å². The van der Waals surface area contributed by atoms with Crippen LogP contribution in [0.3, 0.4) is 0 Å². The zero-order valence-corrected chi connectivity index (χ0v) is 15.6. The third-order valence-electron chi connectivity index (χ3n) is 4.66. The summed E-state index contributed by atoms with van der Waals surface area (Å²) in [5, 5.41) is 0. The number of carbonyl (C=O) groups is 2. The minimum Gasteiger partial charge on any atom is -0.497 e. The van der Waals surface area contributed by atoms with Gasteiger partial charge in [-0.1, -0.05) is 0 Å². The van der Waals surface area contributed by atoms with Gasteiger partial charge in [-0.3, -0.25) is 14.6 Å². The second-order valence-electron chi connectivity index (χ2n) is 6.27. The van der Waals surface area contributed by atoms with Crippen LogP contribution in [0.2, 0.25) is 0 Å². The van der Waals surface area contributed by atoms with E-state index in [1.165, 1.54) is 0 Å². The third kappa shape index (κ3) is 4.36. The normalized spacial score (nSPS) is 14.0. The fraction of sp³-hybridized carbons (Fsp3) is 0.350. The average Bonchev–Trinajstić information content (AvgIpc) is 2.73. The lowest BCUT2D eigenvalue weighted by Gasteiger charge is -2.35. The van der Waals surface area contributed by atoms with Crippen LogP contribution in [-0.4, -0.2) is 67.0 Å². The van der Waals surface area contributed by atoms with Gasteiger partial charge in [0.1, 0.15) is 11.5 Å². The molecule has 1 aromatic heterocycles. The Morgan fingerprint density at radius 1 is 1.04 bits per heavy atom. The number of amides is 2. The smallest absolute Gasteiger partial charge is 0.255 e. The Hall–Kier alpha value is -3.09. The van der Waals surface area contributed by atoms with Crippen LogP contribution in [-0.2, 0) is 11.2 Å². The van der Waals surface area contributed by atoms with Crippen LogP contribution >= 0.6 is 0 Å². The average molecular weight is 369 g/mol. The molecule has 2 heterocycles. The molecule has 0 unspecified atom stereocenters. The van der Waals surface area contributed by atoms with Gasteiger partial charge in [0.2, 0.25) is 5.91 Å². The van der Waals surface area contributed by atoms with Crippen molar-refractivity contribution in [2.45, 2.75) is 6.42 Å². The Morgan fingerprint density at radius 2 is 1.78 bits per heavy atom. The van der Waals surface area contributed by atoms with Gasteiger partial charge in [0.05, 0.1) is 26.2 Å². The monoisotopic (exact) mass is 369 g/mol. The first-order valence-corrected chi connectivity index (χ1v) is 8.80. The summed E-state index contributed by atoms with van der Waals surface area (Å²) in [6.45, 7) is 2.04. The minimum absolute atomic E-state index is 0.00929. The maximum absolute atomic E-state index is 12.7. The maximum Gasteiger partial charge on any atom is 0.255 e. The Kier molecular flexibility index (Phi) is 5.90.